The molecule has 0 unspecified atom stereocenters. The second-order valence-corrected chi connectivity index (χ2v) is 5.55. The third-order valence-electron chi connectivity index (χ3n) is 3.93. The lowest BCUT2D eigenvalue weighted by Gasteiger charge is -1.99. The lowest BCUT2D eigenvalue weighted by molar-refractivity contribution is 0.385. The van der Waals surface area contributed by atoms with Crippen LogP contribution in [0, 0.1) is 5.82 Å². The van der Waals surface area contributed by atoms with Gasteiger partial charge in [0.1, 0.15) is 5.82 Å². The molecule has 120 valence electrons. The Balaban J connectivity index is 1.62. The van der Waals surface area contributed by atoms with Crippen LogP contribution in [0.2, 0.25) is 0 Å². The molecule has 4 rings (SSSR count). The number of nitrogens with zero attached hydrogens (tertiary/aromatic N) is 4. The normalized spacial score (nSPS) is 11.2. The van der Waals surface area contributed by atoms with E-state index in [1.807, 2.05) is 30.6 Å². The third kappa shape index (κ3) is 2.67. The molecule has 0 aliphatic heterocycles. The van der Waals surface area contributed by atoms with Gasteiger partial charge in [0.05, 0.1) is 23.8 Å². The maximum absolute atomic E-state index is 13.2. The topological polar surface area (TPSA) is 56.7 Å². The van der Waals surface area contributed by atoms with Gasteiger partial charge < -0.3 is 9.09 Å². The van der Waals surface area contributed by atoms with Crippen LogP contribution in [0.3, 0.4) is 0 Å². The van der Waals surface area contributed by atoms with Crippen molar-refractivity contribution in [1.29, 1.82) is 0 Å². The van der Waals surface area contributed by atoms with Crippen LogP contribution in [0.5, 0.6) is 0 Å². The van der Waals surface area contributed by atoms with Gasteiger partial charge in [-0.25, -0.2) is 9.37 Å². The van der Waals surface area contributed by atoms with E-state index in [1.165, 1.54) is 12.1 Å². The molecule has 0 saturated heterocycles. The maximum Gasteiger partial charge on any atom is 0.231 e. The summed E-state index contributed by atoms with van der Waals surface area (Å²) in [6.45, 7) is 2.95. The summed E-state index contributed by atoms with van der Waals surface area (Å²) in [5.41, 5.74) is 3.61. The van der Waals surface area contributed by atoms with E-state index in [0.717, 1.165) is 28.7 Å². The molecule has 0 fully saturated rings. The Kier molecular flexibility index (Phi) is 3.57. The molecule has 2 heterocycles. The minimum absolute atomic E-state index is 0.274. The van der Waals surface area contributed by atoms with Gasteiger partial charge in [-0.2, -0.15) is 4.98 Å². The van der Waals surface area contributed by atoms with Gasteiger partial charge in [0.25, 0.3) is 0 Å². The van der Waals surface area contributed by atoms with Gasteiger partial charge in [-0.05, 0) is 42.8 Å². The number of benzene rings is 2. The Hall–Kier alpha value is -3.02. The minimum Gasteiger partial charge on any atom is -0.339 e. The fraction of sp³-hybridized carbons (Fsp3) is 0.167. The van der Waals surface area contributed by atoms with Gasteiger partial charge in [0.2, 0.25) is 11.7 Å². The van der Waals surface area contributed by atoms with Crippen LogP contribution in [0.4, 0.5) is 4.39 Å². The highest BCUT2D eigenvalue weighted by Gasteiger charge is 2.11. The molecule has 0 bridgehead atoms. The molecule has 0 saturated carbocycles. The van der Waals surface area contributed by atoms with Gasteiger partial charge in [0, 0.05) is 12.1 Å². The second-order valence-electron chi connectivity index (χ2n) is 5.55. The highest BCUT2D eigenvalue weighted by atomic mass is 19.1. The first-order valence-electron chi connectivity index (χ1n) is 7.75. The molecule has 24 heavy (non-hydrogen) atoms. The van der Waals surface area contributed by atoms with E-state index in [1.54, 1.807) is 6.07 Å². The van der Waals surface area contributed by atoms with Crippen LogP contribution >= 0.6 is 0 Å². The lowest BCUT2D eigenvalue weighted by atomic mass is 10.1. The summed E-state index contributed by atoms with van der Waals surface area (Å²) in [5, 5.41) is 4.02. The van der Waals surface area contributed by atoms with E-state index in [0.29, 0.717) is 18.1 Å². The number of halogens is 1. The highest BCUT2D eigenvalue weighted by molar-refractivity contribution is 5.80. The fourth-order valence-electron chi connectivity index (χ4n) is 2.72. The van der Waals surface area contributed by atoms with Crippen LogP contribution in [-0.2, 0) is 13.0 Å². The Morgan fingerprint density at radius 2 is 2.08 bits per heavy atom. The molecule has 0 amide bonds. The molecule has 0 spiro atoms. The van der Waals surface area contributed by atoms with Gasteiger partial charge in [-0.1, -0.05) is 17.3 Å². The SMILES string of the molecule is CCn1cnc2cc(-c3noc(Cc4cccc(F)c4)n3)ccc21. The highest BCUT2D eigenvalue weighted by Crippen LogP contribution is 2.22. The average Bonchev–Trinajstić information content (AvgIpc) is 3.20. The zero-order chi connectivity index (χ0) is 16.5. The zero-order valence-electron chi connectivity index (χ0n) is 13.1. The average molecular weight is 322 g/mol. The van der Waals surface area contributed by atoms with Crippen molar-refractivity contribution < 1.29 is 8.91 Å². The number of rotatable bonds is 4. The van der Waals surface area contributed by atoms with Crippen LogP contribution < -0.4 is 0 Å². The number of hydrogen-bond donors (Lipinski definition) is 0. The van der Waals surface area contributed by atoms with Crippen molar-refractivity contribution in [3.63, 3.8) is 0 Å². The van der Waals surface area contributed by atoms with Crippen molar-refractivity contribution in [1.82, 2.24) is 19.7 Å². The van der Waals surface area contributed by atoms with Gasteiger partial charge >= 0.3 is 0 Å². The van der Waals surface area contributed by atoms with Crippen molar-refractivity contribution in [3.8, 4) is 11.4 Å². The molecule has 0 radical (unpaired) electrons. The first kappa shape index (κ1) is 14.6. The monoisotopic (exact) mass is 322 g/mol. The van der Waals surface area contributed by atoms with E-state index < -0.39 is 0 Å². The van der Waals surface area contributed by atoms with E-state index in [-0.39, 0.29) is 5.82 Å². The first-order chi connectivity index (χ1) is 11.7. The van der Waals surface area contributed by atoms with E-state index in [4.69, 9.17) is 4.52 Å². The zero-order valence-corrected chi connectivity index (χ0v) is 13.1. The predicted octanol–water partition coefficient (Wildman–Crippen LogP) is 3.84. The maximum atomic E-state index is 13.2. The quantitative estimate of drug-likeness (QED) is 0.573. The van der Waals surface area contributed by atoms with Crippen LogP contribution in [0.25, 0.3) is 22.4 Å². The first-order valence-corrected chi connectivity index (χ1v) is 7.75. The van der Waals surface area contributed by atoms with E-state index in [9.17, 15) is 4.39 Å². The third-order valence-corrected chi connectivity index (χ3v) is 3.93. The fourth-order valence-corrected chi connectivity index (χ4v) is 2.72. The van der Waals surface area contributed by atoms with Gasteiger partial charge in [0.15, 0.2) is 0 Å². The van der Waals surface area contributed by atoms with Crippen LogP contribution in [-0.4, -0.2) is 19.7 Å². The molecule has 2 aromatic heterocycles. The van der Waals surface area contributed by atoms with Crippen molar-refractivity contribution in [2.24, 2.45) is 0 Å². The second kappa shape index (κ2) is 5.88. The summed E-state index contributed by atoms with van der Waals surface area (Å²) in [4.78, 5) is 8.80. The summed E-state index contributed by atoms with van der Waals surface area (Å²) < 4.78 is 20.6. The molecular weight excluding hydrogens is 307 g/mol. The van der Waals surface area contributed by atoms with Crippen molar-refractivity contribution >= 4 is 11.0 Å². The Bertz CT molecular complexity index is 1010. The molecule has 0 aliphatic rings. The molecular formula is C18H15FN4O. The lowest BCUT2D eigenvalue weighted by Crippen LogP contribution is -1.91. The number of aryl methyl sites for hydroxylation is 1. The predicted molar refractivity (Wildman–Crippen MR) is 87.9 cm³/mol. The molecule has 6 heteroatoms. The molecule has 5 nitrogen and oxygen atoms in total. The summed E-state index contributed by atoms with van der Waals surface area (Å²) >= 11 is 0. The van der Waals surface area contributed by atoms with Crippen LogP contribution in [0.1, 0.15) is 18.4 Å². The number of imidazole rings is 1. The van der Waals surface area contributed by atoms with Crippen LogP contribution in [0.15, 0.2) is 53.3 Å². The summed E-state index contributed by atoms with van der Waals surface area (Å²) in [7, 11) is 0. The Morgan fingerprint density at radius 3 is 2.92 bits per heavy atom. The standard InChI is InChI=1S/C18H15FN4O/c1-2-23-11-20-15-10-13(6-7-16(15)23)18-21-17(24-22-18)9-12-4-3-5-14(19)8-12/h3-8,10-11H,2,9H2,1H3. The summed E-state index contributed by atoms with van der Waals surface area (Å²) in [6, 6.07) is 12.3. The molecule has 0 aliphatic carbocycles. The molecule has 4 aromatic rings. The van der Waals surface area contributed by atoms with Crippen molar-refractivity contribution in [3.05, 3.63) is 66.1 Å². The summed E-state index contributed by atoms with van der Waals surface area (Å²) in [5.74, 6) is 0.688. The Morgan fingerprint density at radius 1 is 1.17 bits per heavy atom. The molecule has 0 N–H and O–H groups in total. The minimum atomic E-state index is -0.274. The van der Waals surface area contributed by atoms with Gasteiger partial charge in [-0.3, -0.25) is 0 Å². The van der Waals surface area contributed by atoms with Crippen molar-refractivity contribution in [2.45, 2.75) is 19.9 Å². The number of hydrogen-bond acceptors (Lipinski definition) is 4. The smallest absolute Gasteiger partial charge is 0.231 e. The van der Waals surface area contributed by atoms with Crippen molar-refractivity contribution in [2.75, 3.05) is 0 Å². The number of fused-ring (bicyclic) bond motifs is 1. The molecule has 2 aromatic carbocycles. The Labute approximate surface area is 137 Å². The van der Waals surface area contributed by atoms with Gasteiger partial charge in [-0.15, -0.1) is 0 Å². The summed E-state index contributed by atoms with van der Waals surface area (Å²) in [6.07, 6.45) is 2.22. The molecule has 0 atom stereocenters. The van der Waals surface area contributed by atoms with E-state index in [2.05, 4.69) is 26.6 Å². The van der Waals surface area contributed by atoms with E-state index >= 15 is 0 Å². The number of aromatic nitrogens is 4. The largest absolute Gasteiger partial charge is 0.339 e.